The van der Waals surface area contributed by atoms with Crippen LogP contribution in [0, 0.1) is 0 Å². The number of H-pyrrole nitrogens is 1. The average molecular weight is 557 g/mol. The van der Waals surface area contributed by atoms with Gasteiger partial charge in [0.25, 0.3) is 16.4 Å². The second-order valence-corrected chi connectivity index (χ2v) is 9.02. The van der Waals surface area contributed by atoms with E-state index in [4.69, 9.17) is 4.74 Å². The van der Waals surface area contributed by atoms with Crippen LogP contribution in [0.4, 0.5) is 45.3 Å². The van der Waals surface area contributed by atoms with Gasteiger partial charge in [-0.3, -0.25) is 4.72 Å². The van der Waals surface area contributed by atoms with Gasteiger partial charge in [0.2, 0.25) is 0 Å². The highest BCUT2D eigenvalue weighted by Gasteiger charge is 2.59. The molecule has 36 heavy (non-hydrogen) atoms. The van der Waals surface area contributed by atoms with Crippen LogP contribution in [-0.2, 0) is 27.6 Å². The summed E-state index contributed by atoms with van der Waals surface area (Å²) in [5.74, 6) is -2.53. The van der Waals surface area contributed by atoms with Gasteiger partial charge in [-0.15, -0.1) is 0 Å². The molecule has 202 valence electrons. The van der Waals surface area contributed by atoms with Crippen molar-refractivity contribution in [2.75, 3.05) is 11.8 Å². The summed E-state index contributed by atoms with van der Waals surface area (Å²) in [6, 6.07) is 0.546. The Bertz CT molecular complexity index is 1200. The first-order valence-corrected chi connectivity index (χ1v) is 11.1. The largest absolute Gasteiger partial charge is 0.493 e. The zero-order valence-electron chi connectivity index (χ0n) is 17.8. The first-order valence-electron chi connectivity index (χ1n) is 9.66. The zero-order chi connectivity index (χ0) is 27.1. The lowest BCUT2D eigenvalue weighted by Crippen LogP contribution is -2.52. The predicted molar refractivity (Wildman–Crippen MR) is 102 cm³/mol. The van der Waals surface area contributed by atoms with Crippen molar-refractivity contribution in [1.82, 2.24) is 9.97 Å². The lowest BCUT2D eigenvalue weighted by Gasteiger charge is -2.38. The van der Waals surface area contributed by atoms with Gasteiger partial charge in [0.05, 0.1) is 7.11 Å². The van der Waals surface area contributed by atoms with E-state index in [1.54, 1.807) is 0 Å². The number of nitrogens with one attached hydrogen (secondary N) is 2. The lowest BCUT2D eigenvalue weighted by atomic mass is 9.83. The molecule has 2 heterocycles. The fourth-order valence-corrected chi connectivity index (χ4v) is 4.95. The Kier molecular flexibility index (Phi) is 7.59. The standard InChI is InChI=1S/C18H16F9N3O5S/c1-33-10-4-9(34-15(21)22)12(13(19)20)29-14(10)30-36(31,32)11-6-28-8-5-17(18(25,26)27,35-16(23)24)3-2-7(8)11/h4,6,13,15-16,28H,2-3,5H2,1H3,(H,29,30)/t17-/m1/s1. The van der Waals surface area contributed by atoms with Crippen LogP contribution in [-0.4, -0.2) is 50.5 Å². The number of methoxy groups -OCH3 is 1. The van der Waals surface area contributed by atoms with Crippen molar-refractivity contribution in [2.24, 2.45) is 0 Å². The van der Waals surface area contributed by atoms with E-state index >= 15 is 0 Å². The van der Waals surface area contributed by atoms with Crippen molar-refractivity contribution in [2.45, 2.75) is 55.6 Å². The minimum atomic E-state index is -5.21. The maximum atomic E-state index is 13.5. The third-order valence-electron chi connectivity index (χ3n) is 5.26. The van der Waals surface area contributed by atoms with Crippen molar-refractivity contribution < 1.29 is 62.1 Å². The molecular formula is C18H16F9N3O5S. The molecule has 0 fully saturated rings. The maximum absolute atomic E-state index is 13.5. The Morgan fingerprint density at radius 3 is 2.31 bits per heavy atom. The summed E-state index contributed by atoms with van der Waals surface area (Å²) in [6.45, 7) is -7.27. The number of hydrogen-bond donors (Lipinski definition) is 2. The van der Waals surface area contributed by atoms with Crippen LogP contribution in [0.25, 0.3) is 0 Å². The molecule has 3 rings (SSSR count). The molecule has 8 nitrogen and oxygen atoms in total. The summed E-state index contributed by atoms with van der Waals surface area (Å²) in [4.78, 5) is 4.97. The number of rotatable bonds is 9. The molecule has 0 bridgehead atoms. The second-order valence-electron chi connectivity index (χ2n) is 7.36. The van der Waals surface area contributed by atoms with Gasteiger partial charge in [-0.1, -0.05) is 0 Å². The number of sulfonamides is 1. The fourth-order valence-electron chi connectivity index (χ4n) is 3.68. The third kappa shape index (κ3) is 5.42. The number of halogens is 9. The summed E-state index contributed by atoms with van der Waals surface area (Å²) in [5.41, 5.74) is -5.16. The lowest BCUT2D eigenvalue weighted by molar-refractivity contribution is -0.330. The fraction of sp³-hybridized carbons (Fsp3) is 0.500. The number of aromatic nitrogens is 2. The number of fused-ring (bicyclic) bond motifs is 1. The van der Waals surface area contributed by atoms with Crippen molar-refractivity contribution in [3.05, 3.63) is 29.2 Å². The monoisotopic (exact) mass is 557 g/mol. The van der Waals surface area contributed by atoms with Crippen LogP contribution in [0.5, 0.6) is 11.5 Å². The van der Waals surface area contributed by atoms with Crippen molar-refractivity contribution in [3.8, 4) is 11.5 Å². The van der Waals surface area contributed by atoms with E-state index < -0.39 is 88.6 Å². The zero-order valence-corrected chi connectivity index (χ0v) is 18.6. The summed E-state index contributed by atoms with van der Waals surface area (Å²) in [5, 5.41) is 0. The SMILES string of the molecule is COc1cc(OC(F)F)c(C(F)F)nc1NS(=O)(=O)c1c[nH]c2c1CC[C@](OC(F)F)(C(F)(F)F)C2. The first-order chi connectivity index (χ1) is 16.6. The summed E-state index contributed by atoms with van der Waals surface area (Å²) < 4.78 is 158. The van der Waals surface area contributed by atoms with Crippen LogP contribution in [0.15, 0.2) is 17.2 Å². The summed E-state index contributed by atoms with van der Waals surface area (Å²) in [6.07, 6.45) is -10.8. The van der Waals surface area contributed by atoms with Crippen LogP contribution in [0.3, 0.4) is 0 Å². The molecule has 0 aliphatic heterocycles. The Balaban J connectivity index is 1.98. The van der Waals surface area contributed by atoms with Gasteiger partial charge >= 0.3 is 19.4 Å². The number of nitrogens with zero attached hydrogens (tertiary/aromatic N) is 1. The third-order valence-corrected chi connectivity index (χ3v) is 6.66. The minimum absolute atomic E-state index is 0.189. The Labute approximate surface area is 196 Å². The van der Waals surface area contributed by atoms with E-state index in [0.717, 1.165) is 13.3 Å². The molecule has 1 aliphatic carbocycles. The molecule has 0 unspecified atom stereocenters. The maximum Gasteiger partial charge on any atom is 0.418 e. The van der Waals surface area contributed by atoms with Crippen LogP contribution in [0.1, 0.15) is 29.8 Å². The number of aromatic amines is 1. The quantitative estimate of drug-likeness (QED) is 0.430. The highest BCUT2D eigenvalue weighted by atomic mass is 32.2. The highest BCUT2D eigenvalue weighted by Crippen LogP contribution is 2.46. The molecule has 1 aliphatic rings. The normalized spacial score (nSPS) is 18.6. The van der Waals surface area contributed by atoms with E-state index in [1.165, 1.54) is 0 Å². The number of pyridine rings is 1. The Morgan fingerprint density at radius 2 is 1.78 bits per heavy atom. The smallest absolute Gasteiger partial charge is 0.418 e. The van der Waals surface area contributed by atoms with Crippen molar-refractivity contribution in [3.63, 3.8) is 0 Å². The number of hydrogen-bond acceptors (Lipinski definition) is 6. The molecule has 0 radical (unpaired) electrons. The molecule has 0 spiro atoms. The molecule has 0 saturated heterocycles. The van der Waals surface area contributed by atoms with Crippen LogP contribution >= 0.6 is 0 Å². The van der Waals surface area contributed by atoms with E-state index in [0.29, 0.717) is 6.07 Å². The second kappa shape index (κ2) is 9.87. The molecule has 1 atom stereocenters. The van der Waals surface area contributed by atoms with Gasteiger partial charge in [-0.2, -0.15) is 30.7 Å². The van der Waals surface area contributed by atoms with Crippen LogP contribution < -0.4 is 14.2 Å². The van der Waals surface area contributed by atoms with E-state index in [1.807, 2.05) is 4.72 Å². The van der Waals surface area contributed by atoms with Crippen LogP contribution in [0.2, 0.25) is 0 Å². The van der Waals surface area contributed by atoms with E-state index in [-0.39, 0.29) is 11.3 Å². The highest BCUT2D eigenvalue weighted by molar-refractivity contribution is 7.92. The van der Waals surface area contributed by atoms with Gasteiger partial charge in [0, 0.05) is 24.4 Å². The Hall–Kier alpha value is -2.89. The predicted octanol–water partition coefficient (Wildman–Crippen LogP) is 4.79. The summed E-state index contributed by atoms with van der Waals surface area (Å²) >= 11 is 0. The number of ether oxygens (including phenoxy) is 3. The van der Waals surface area contributed by atoms with Gasteiger partial charge in [-0.05, 0) is 18.4 Å². The molecule has 2 N–H and O–H groups in total. The van der Waals surface area contributed by atoms with Gasteiger partial charge in [0.15, 0.2) is 28.6 Å². The first kappa shape index (κ1) is 27.7. The molecule has 2 aromatic rings. The van der Waals surface area contributed by atoms with Gasteiger partial charge in [-0.25, -0.2) is 22.2 Å². The van der Waals surface area contributed by atoms with E-state index in [9.17, 15) is 47.9 Å². The molecule has 0 saturated carbocycles. The van der Waals surface area contributed by atoms with Gasteiger partial charge < -0.3 is 19.2 Å². The molecule has 0 amide bonds. The molecule has 18 heteroatoms. The average Bonchev–Trinajstić information content (AvgIpc) is 3.16. The van der Waals surface area contributed by atoms with E-state index in [2.05, 4.69) is 19.4 Å². The van der Waals surface area contributed by atoms with Gasteiger partial charge in [0.1, 0.15) is 4.90 Å². The summed E-state index contributed by atoms with van der Waals surface area (Å²) in [7, 11) is -3.80. The molecule has 2 aromatic heterocycles. The molecule has 0 aromatic carbocycles. The minimum Gasteiger partial charge on any atom is -0.493 e. The topological polar surface area (TPSA) is 103 Å². The number of alkyl halides is 9. The van der Waals surface area contributed by atoms with Crippen molar-refractivity contribution in [1.29, 1.82) is 0 Å². The number of anilines is 1. The molecular weight excluding hydrogens is 541 g/mol. The van der Waals surface area contributed by atoms with Crippen molar-refractivity contribution >= 4 is 15.8 Å². The Morgan fingerprint density at radius 1 is 1.11 bits per heavy atom.